The number of aromatic nitrogens is 1. The number of amides is 1. The maximum absolute atomic E-state index is 11.3. The van der Waals surface area contributed by atoms with Gasteiger partial charge in [-0.3, -0.25) is 4.79 Å². The molecule has 1 aromatic rings. The van der Waals surface area contributed by atoms with Gasteiger partial charge in [0, 0.05) is 24.8 Å². The van der Waals surface area contributed by atoms with Gasteiger partial charge in [-0.2, -0.15) is 0 Å². The van der Waals surface area contributed by atoms with Crippen molar-refractivity contribution in [3.8, 4) is 0 Å². The maximum Gasteiger partial charge on any atom is 0.355 e. The minimum absolute atomic E-state index is 0.248. The van der Waals surface area contributed by atoms with E-state index in [-0.39, 0.29) is 12.5 Å². The summed E-state index contributed by atoms with van der Waals surface area (Å²) in [6.45, 7) is -0.248. The van der Waals surface area contributed by atoms with E-state index in [1.54, 1.807) is 26.4 Å². The third kappa shape index (κ3) is 3.39. The van der Waals surface area contributed by atoms with E-state index < -0.39 is 5.97 Å². The Balaban J connectivity index is 2.47. The highest BCUT2D eigenvalue weighted by Gasteiger charge is 2.12. The van der Waals surface area contributed by atoms with E-state index in [9.17, 15) is 9.59 Å². The molecule has 0 saturated heterocycles. The second-order valence-electron chi connectivity index (χ2n) is 3.10. The minimum Gasteiger partial charge on any atom is -0.451 e. The lowest BCUT2D eigenvalue weighted by atomic mass is 10.4. The van der Waals surface area contributed by atoms with Crippen LogP contribution in [0, 0.1) is 0 Å². The average molecular weight is 275 g/mol. The second kappa shape index (κ2) is 4.97. The molecule has 1 N–H and O–H groups in total. The largest absolute Gasteiger partial charge is 0.451 e. The molecule has 5 nitrogen and oxygen atoms in total. The van der Waals surface area contributed by atoms with Crippen molar-refractivity contribution in [2.45, 2.75) is 0 Å². The third-order valence-electron chi connectivity index (χ3n) is 1.69. The van der Waals surface area contributed by atoms with Crippen LogP contribution in [0.2, 0.25) is 0 Å². The van der Waals surface area contributed by atoms with Gasteiger partial charge in [0.05, 0.1) is 0 Å². The standard InChI is InChI=1S/C9H11BrN2O3/c1-12(2)8(13)5-15-9(14)7-3-6(10)4-11-7/h3-4,11H,5H2,1-2H3. The Bertz CT molecular complexity index is 373. The minimum atomic E-state index is -0.545. The Labute approximate surface area is 95.5 Å². The lowest BCUT2D eigenvalue weighted by Crippen LogP contribution is -2.27. The van der Waals surface area contributed by atoms with Gasteiger partial charge in [-0.15, -0.1) is 0 Å². The Hall–Kier alpha value is -1.30. The first-order valence-electron chi connectivity index (χ1n) is 4.22. The zero-order valence-electron chi connectivity index (χ0n) is 8.41. The number of carbonyl (C=O) groups is 2. The normalized spacial score (nSPS) is 9.80. The molecule has 0 aliphatic heterocycles. The lowest BCUT2D eigenvalue weighted by Gasteiger charge is -2.09. The molecule has 1 aromatic heterocycles. The summed E-state index contributed by atoms with van der Waals surface area (Å²) < 4.78 is 5.54. The number of H-pyrrole nitrogens is 1. The van der Waals surface area contributed by atoms with Crippen molar-refractivity contribution >= 4 is 27.8 Å². The van der Waals surface area contributed by atoms with Crippen LogP contribution in [0.4, 0.5) is 0 Å². The van der Waals surface area contributed by atoms with Crippen LogP contribution >= 0.6 is 15.9 Å². The van der Waals surface area contributed by atoms with Crippen molar-refractivity contribution in [2.75, 3.05) is 20.7 Å². The molecule has 15 heavy (non-hydrogen) atoms. The zero-order chi connectivity index (χ0) is 11.4. The average Bonchev–Trinajstić information content (AvgIpc) is 2.60. The van der Waals surface area contributed by atoms with Gasteiger partial charge in [0.25, 0.3) is 5.91 Å². The zero-order valence-corrected chi connectivity index (χ0v) is 10.00. The molecule has 0 unspecified atom stereocenters. The van der Waals surface area contributed by atoms with E-state index in [0.29, 0.717) is 5.69 Å². The Morgan fingerprint density at radius 3 is 2.67 bits per heavy atom. The fourth-order valence-corrected chi connectivity index (χ4v) is 1.16. The van der Waals surface area contributed by atoms with Gasteiger partial charge >= 0.3 is 5.97 Å². The first-order chi connectivity index (χ1) is 7.00. The number of nitrogens with zero attached hydrogens (tertiary/aromatic N) is 1. The molecule has 1 rings (SSSR count). The lowest BCUT2D eigenvalue weighted by molar-refractivity contribution is -0.131. The smallest absolute Gasteiger partial charge is 0.355 e. The van der Waals surface area contributed by atoms with Gasteiger partial charge in [-0.05, 0) is 22.0 Å². The van der Waals surface area contributed by atoms with Crippen molar-refractivity contribution in [1.82, 2.24) is 9.88 Å². The number of hydrogen-bond acceptors (Lipinski definition) is 3. The molecule has 0 atom stereocenters. The molecule has 0 radical (unpaired) electrons. The first-order valence-corrected chi connectivity index (χ1v) is 5.01. The monoisotopic (exact) mass is 274 g/mol. The van der Waals surface area contributed by atoms with Crippen LogP contribution in [0.15, 0.2) is 16.7 Å². The molecule has 0 saturated carbocycles. The number of carbonyl (C=O) groups excluding carboxylic acids is 2. The topological polar surface area (TPSA) is 62.4 Å². The highest BCUT2D eigenvalue weighted by Crippen LogP contribution is 2.11. The van der Waals surface area contributed by atoms with Gasteiger partial charge < -0.3 is 14.6 Å². The fourth-order valence-electron chi connectivity index (χ4n) is 0.820. The number of halogens is 1. The van der Waals surface area contributed by atoms with E-state index in [1.165, 1.54) is 4.90 Å². The van der Waals surface area contributed by atoms with Crippen LogP contribution in [0.5, 0.6) is 0 Å². The number of hydrogen-bond donors (Lipinski definition) is 1. The number of esters is 1. The molecular formula is C9H11BrN2O3. The van der Waals surface area contributed by atoms with Crippen molar-refractivity contribution in [1.29, 1.82) is 0 Å². The summed E-state index contributed by atoms with van der Waals surface area (Å²) >= 11 is 3.19. The molecule has 0 fully saturated rings. The summed E-state index contributed by atoms with van der Waals surface area (Å²) in [5.41, 5.74) is 0.313. The van der Waals surface area contributed by atoms with Crippen molar-refractivity contribution < 1.29 is 14.3 Å². The van der Waals surface area contributed by atoms with Crippen LogP contribution in [-0.4, -0.2) is 42.5 Å². The molecule has 0 bridgehead atoms. The molecule has 1 heterocycles. The van der Waals surface area contributed by atoms with Crippen molar-refractivity contribution in [2.24, 2.45) is 0 Å². The van der Waals surface area contributed by atoms with Crippen molar-refractivity contribution in [3.05, 3.63) is 22.4 Å². The fraction of sp³-hybridized carbons (Fsp3) is 0.333. The van der Waals surface area contributed by atoms with Crippen molar-refractivity contribution in [3.63, 3.8) is 0 Å². The van der Waals surface area contributed by atoms with Crippen LogP contribution < -0.4 is 0 Å². The molecular weight excluding hydrogens is 264 g/mol. The molecule has 0 aliphatic carbocycles. The van der Waals surface area contributed by atoms with Gasteiger partial charge in [0.2, 0.25) is 0 Å². The van der Waals surface area contributed by atoms with E-state index in [0.717, 1.165) is 4.47 Å². The number of nitrogens with one attached hydrogen (secondary N) is 1. The van der Waals surface area contributed by atoms with Gasteiger partial charge in [0.15, 0.2) is 6.61 Å². The summed E-state index contributed by atoms with van der Waals surface area (Å²) in [5.74, 6) is -0.801. The summed E-state index contributed by atoms with van der Waals surface area (Å²) in [6, 6.07) is 1.59. The molecule has 1 amide bonds. The summed E-state index contributed by atoms with van der Waals surface area (Å²) in [6.07, 6.45) is 1.62. The predicted molar refractivity (Wildman–Crippen MR) is 57.5 cm³/mol. The van der Waals surface area contributed by atoms with Gasteiger partial charge in [-0.1, -0.05) is 0 Å². The Kier molecular flexibility index (Phi) is 3.90. The second-order valence-corrected chi connectivity index (χ2v) is 4.01. The van der Waals surface area contributed by atoms with Crippen LogP contribution in [0.1, 0.15) is 10.5 Å². The summed E-state index contributed by atoms with van der Waals surface area (Å²) in [4.78, 5) is 26.5. The quantitative estimate of drug-likeness (QED) is 0.838. The van der Waals surface area contributed by atoms with Gasteiger partial charge in [0.1, 0.15) is 5.69 Å². The Morgan fingerprint density at radius 2 is 2.20 bits per heavy atom. The molecule has 0 aromatic carbocycles. The molecule has 0 aliphatic rings. The number of likely N-dealkylation sites (N-methyl/N-ethyl adjacent to an activating group) is 1. The maximum atomic E-state index is 11.3. The molecule has 6 heteroatoms. The van der Waals surface area contributed by atoms with Crippen LogP contribution in [0.25, 0.3) is 0 Å². The number of ether oxygens (including phenoxy) is 1. The summed E-state index contributed by atoms with van der Waals surface area (Å²) in [5, 5.41) is 0. The number of aromatic amines is 1. The predicted octanol–water partition coefficient (Wildman–Crippen LogP) is 1.02. The van der Waals surface area contributed by atoms with E-state index >= 15 is 0 Å². The number of rotatable bonds is 3. The van der Waals surface area contributed by atoms with Crippen LogP contribution in [0.3, 0.4) is 0 Å². The molecule has 0 spiro atoms. The highest BCUT2D eigenvalue weighted by molar-refractivity contribution is 9.10. The van der Waals surface area contributed by atoms with E-state index in [4.69, 9.17) is 4.74 Å². The Morgan fingerprint density at radius 1 is 1.53 bits per heavy atom. The third-order valence-corrected chi connectivity index (χ3v) is 2.15. The summed E-state index contributed by atoms with van der Waals surface area (Å²) in [7, 11) is 3.20. The molecule has 82 valence electrons. The van der Waals surface area contributed by atoms with E-state index in [2.05, 4.69) is 20.9 Å². The SMILES string of the molecule is CN(C)C(=O)COC(=O)c1cc(Br)c[nH]1. The first kappa shape index (κ1) is 11.8. The van der Waals surface area contributed by atoms with Crippen LogP contribution in [-0.2, 0) is 9.53 Å². The highest BCUT2D eigenvalue weighted by atomic mass is 79.9. The van der Waals surface area contributed by atoms with Gasteiger partial charge in [-0.25, -0.2) is 4.79 Å². The van der Waals surface area contributed by atoms with E-state index in [1.807, 2.05) is 0 Å².